The van der Waals surface area contributed by atoms with Gasteiger partial charge in [-0.1, -0.05) is 0 Å². The molecular weight excluding hydrogens is 174 g/mol. The second-order valence-corrected chi connectivity index (χ2v) is 3.73. The van der Waals surface area contributed by atoms with E-state index in [-0.39, 0.29) is 0 Å². The van der Waals surface area contributed by atoms with Gasteiger partial charge < -0.3 is 10.6 Å². The van der Waals surface area contributed by atoms with E-state index in [1.165, 1.54) is 18.5 Å². The van der Waals surface area contributed by atoms with Crippen molar-refractivity contribution in [3.05, 3.63) is 24.0 Å². The fraction of sp³-hybridized carbons (Fsp3) is 0.545. The van der Waals surface area contributed by atoms with Crippen LogP contribution in [0.3, 0.4) is 0 Å². The third-order valence-electron chi connectivity index (χ3n) is 2.67. The maximum absolute atomic E-state index is 5.57. The van der Waals surface area contributed by atoms with E-state index in [4.69, 9.17) is 5.73 Å². The zero-order valence-corrected chi connectivity index (χ0v) is 8.61. The molecule has 1 aliphatic rings. The van der Waals surface area contributed by atoms with Crippen LogP contribution in [0.1, 0.15) is 25.5 Å². The van der Waals surface area contributed by atoms with Gasteiger partial charge in [-0.3, -0.25) is 4.98 Å². The third-order valence-corrected chi connectivity index (χ3v) is 2.67. The molecule has 0 aliphatic heterocycles. The number of anilines is 1. The fourth-order valence-corrected chi connectivity index (χ4v) is 1.79. The zero-order chi connectivity index (χ0) is 9.97. The molecule has 14 heavy (non-hydrogen) atoms. The number of nitrogens with two attached hydrogens (primary N) is 1. The highest BCUT2D eigenvalue weighted by Gasteiger charge is 2.28. The first-order valence-corrected chi connectivity index (χ1v) is 5.26. The molecule has 2 N–H and O–H groups in total. The van der Waals surface area contributed by atoms with Crippen LogP contribution in [0.5, 0.6) is 0 Å². The van der Waals surface area contributed by atoms with Crippen LogP contribution < -0.4 is 10.6 Å². The number of pyridine rings is 1. The summed E-state index contributed by atoms with van der Waals surface area (Å²) in [5, 5.41) is 0. The molecule has 0 radical (unpaired) electrons. The van der Waals surface area contributed by atoms with Crippen molar-refractivity contribution in [1.82, 2.24) is 4.98 Å². The van der Waals surface area contributed by atoms with E-state index < -0.39 is 0 Å². The Hall–Kier alpha value is -1.09. The average molecular weight is 191 g/mol. The molecule has 0 spiro atoms. The standard InChI is InChI=1S/C11H17N3/c1-2-14(10-3-4-10)11-5-6-13-9(7-11)8-12/h5-7,10H,2-4,8,12H2,1H3. The number of hydrogen-bond acceptors (Lipinski definition) is 3. The Morgan fingerprint density at radius 3 is 2.93 bits per heavy atom. The lowest BCUT2D eigenvalue weighted by atomic mass is 10.3. The average Bonchev–Trinajstić information content (AvgIpc) is 3.04. The van der Waals surface area contributed by atoms with Gasteiger partial charge in [0.05, 0.1) is 5.69 Å². The Labute approximate surface area is 84.9 Å². The monoisotopic (exact) mass is 191 g/mol. The van der Waals surface area contributed by atoms with Crippen LogP contribution in [0.2, 0.25) is 0 Å². The summed E-state index contributed by atoms with van der Waals surface area (Å²) in [5.41, 5.74) is 7.81. The van der Waals surface area contributed by atoms with Gasteiger partial charge in [0.2, 0.25) is 0 Å². The van der Waals surface area contributed by atoms with Crippen molar-refractivity contribution >= 4 is 5.69 Å². The SMILES string of the molecule is CCN(c1ccnc(CN)c1)C1CC1. The highest BCUT2D eigenvalue weighted by molar-refractivity contribution is 5.48. The minimum Gasteiger partial charge on any atom is -0.369 e. The topological polar surface area (TPSA) is 42.2 Å². The summed E-state index contributed by atoms with van der Waals surface area (Å²) in [6, 6.07) is 4.93. The molecule has 0 aromatic carbocycles. The number of nitrogens with zero attached hydrogens (tertiary/aromatic N) is 2. The lowest BCUT2D eigenvalue weighted by molar-refractivity contribution is 0.821. The molecular formula is C11H17N3. The first-order valence-electron chi connectivity index (χ1n) is 5.26. The van der Waals surface area contributed by atoms with Gasteiger partial charge in [0, 0.05) is 31.0 Å². The highest BCUT2D eigenvalue weighted by Crippen LogP contribution is 2.31. The Balaban J connectivity index is 2.20. The molecule has 1 fully saturated rings. The van der Waals surface area contributed by atoms with Gasteiger partial charge in [-0.25, -0.2) is 0 Å². The van der Waals surface area contributed by atoms with E-state index in [1.54, 1.807) is 0 Å². The molecule has 1 aliphatic carbocycles. The van der Waals surface area contributed by atoms with E-state index in [0.717, 1.165) is 18.3 Å². The second kappa shape index (κ2) is 3.96. The number of aromatic nitrogens is 1. The summed E-state index contributed by atoms with van der Waals surface area (Å²) < 4.78 is 0. The van der Waals surface area contributed by atoms with Gasteiger partial charge in [-0.15, -0.1) is 0 Å². The summed E-state index contributed by atoms with van der Waals surface area (Å²) in [6.07, 6.45) is 4.50. The summed E-state index contributed by atoms with van der Waals surface area (Å²) in [4.78, 5) is 6.63. The van der Waals surface area contributed by atoms with Gasteiger partial charge >= 0.3 is 0 Å². The molecule has 3 nitrogen and oxygen atoms in total. The van der Waals surface area contributed by atoms with E-state index in [1.807, 2.05) is 6.20 Å². The zero-order valence-electron chi connectivity index (χ0n) is 8.61. The summed E-state index contributed by atoms with van der Waals surface area (Å²) in [6.45, 7) is 3.79. The highest BCUT2D eigenvalue weighted by atomic mass is 15.2. The Kier molecular flexibility index (Phi) is 2.68. The molecule has 76 valence electrons. The van der Waals surface area contributed by atoms with Crippen molar-refractivity contribution in [2.45, 2.75) is 32.4 Å². The number of rotatable bonds is 4. The van der Waals surface area contributed by atoms with Gasteiger partial charge in [-0.2, -0.15) is 0 Å². The van der Waals surface area contributed by atoms with Gasteiger partial charge in [0.25, 0.3) is 0 Å². The molecule has 1 saturated carbocycles. The normalized spacial score (nSPS) is 15.6. The van der Waals surface area contributed by atoms with Crippen molar-refractivity contribution < 1.29 is 0 Å². The molecule has 1 aromatic rings. The van der Waals surface area contributed by atoms with E-state index in [0.29, 0.717) is 6.54 Å². The maximum atomic E-state index is 5.57. The maximum Gasteiger partial charge on any atom is 0.0560 e. The van der Waals surface area contributed by atoms with Crippen LogP contribution in [0.4, 0.5) is 5.69 Å². The lowest BCUT2D eigenvalue weighted by Gasteiger charge is -2.22. The molecule has 0 unspecified atom stereocenters. The van der Waals surface area contributed by atoms with Gasteiger partial charge in [-0.05, 0) is 31.9 Å². The van der Waals surface area contributed by atoms with E-state index >= 15 is 0 Å². The molecule has 0 saturated heterocycles. The lowest BCUT2D eigenvalue weighted by Crippen LogP contribution is -2.25. The largest absolute Gasteiger partial charge is 0.369 e. The minimum atomic E-state index is 0.524. The number of hydrogen-bond donors (Lipinski definition) is 1. The molecule has 2 rings (SSSR count). The molecule has 0 bridgehead atoms. The van der Waals surface area contributed by atoms with Crippen molar-refractivity contribution in [2.24, 2.45) is 5.73 Å². The summed E-state index contributed by atoms with van der Waals surface area (Å²) in [5.74, 6) is 0. The van der Waals surface area contributed by atoms with Crippen molar-refractivity contribution in [3.63, 3.8) is 0 Å². The van der Waals surface area contributed by atoms with Crippen LogP contribution in [-0.2, 0) is 6.54 Å². The van der Waals surface area contributed by atoms with Crippen molar-refractivity contribution in [1.29, 1.82) is 0 Å². The van der Waals surface area contributed by atoms with Gasteiger partial charge in [0.15, 0.2) is 0 Å². The second-order valence-electron chi connectivity index (χ2n) is 3.73. The summed E-state index contributed by atoms with van der Waals surface area (Å²) >= 11 is 0. The molecule has 0 amide bonds. The van der Waals surface area contributed by atoms with Crippen LogP contribution >= 0.6 is 0 Å². The molecule has 1 aromatic heterocycles. The third kappa shape index (κ3) is 1.87. The van der Waals surface area contributed by atoms with E-state index in [2.05, 4.69) is 28.9 Å². The first kappa shape index (κ1) is 9.46. The Morgan fingerprint density at radius 2 is 2.36 bits per heavy atom. The molecule has 3 heteroatoms. The smallest absolute Gasteiger partial charge is 0.0560 e. The van der Waals surface area contributed by atoms with Crippen LogP contribution in [-0.4, -0.2) is 17.6 Å². The van der Waals surface area contributed by atoms with Crippen LogP contribution in [0.15, 0.2) is 18.3 Å². The molecule has 0 atom stereocenters. The predicted octanol–water partition coefficient (Wildman–Crippen LogP) is 1.53. The minimum absolute atomic E-state index is 0.524. The predicted molar refractivity (Wildman–Crippen MR) is 58.2 cm³/mol. The van der Waals surface area contributed by atoms with E-state index in [9.17, 15) is 0 Å². The van der Waals surface area contributed by atoms with Crippen molar-refractivity contribution in [2.75, 3.05) is 11.4 Å². The molecule has 1 heterocycles. The first-order chi connectivity index (χ1) is 6.85. The quantitative estimate of drug-likeness (QED) is 0.784. The Morgan fingerprint density at radius 1 is 1.57 bits per heavy atom. The fourth-order valence-electron chi connectivity index (χ4n) is 1.79. The van der Waals surface area contributed by atoms with Gasteiger partial charge in [0.1, 0.15) is 0 Å². The van der Waals surface area contributed by atoms with Crippen molar-refractivity contribution in [3.8, 4) is 0 Å². The Bertz CT molecular complexity index is 307. The van der Waals surface area contributed by atoms with Crippen LogP contribution in [0, 0.1) is 0 Å². The summed E-state index contributed by atoms with van der Waals surface area (Å²) in [7, 11) is 0. The van der Waals surface area contributed by atoms with Crippen LogP contribution in [0.25, 0.3) is 0 Å².